The smallest absolute Gasteiger partial charge is 1.00 e. The predicted molar refractivity (Wildman–Crippen MR) is 68.9 cm³/mol. The van der Waals surface area contributed by atoms with Crippen molar-refractivity contribution in [3.05, 3.63) is 30.3 Å². The maximum Gasteiger partial charge on any atom is 2.00 e. The van der Waals surface area contributed by atoms with Gasteiger partial charge in [0, 0.05) is 0 Å². The Morgan fingerprint density at radius 3 is 2.19 bits per heavy atom. The molecule has 86 valence electrons. The third-order valence-corrected chi connectivity index (χ3v) is 7.22. The van der Waals surface area contributed by atoms with E-state index < -0.39 is 8.32 Å². The van der Waals surface area contributed by atoms with Gasteiger partial charge in [-0.1, -0.05) is 20.8 Å². The van der Waals surface area contributed by atoms with Crippen molar-refractivity contribution in [1.82, 2.24) is 0 Å². The molecular weight excluding hydrogens is 339 g/mol. The Morgan fingerprint density at radius 2 is 1.81 bits per heavy atom. The maximum absolute atomic E-state index is 6.07. The quantitative estimate of drug-likeness (QED) is 0.425. The average Bonchev–Trinajstić information content (AvgIpc) is 2.03. The fourth-order valence-corrected chi connectivity index (χ4v) is 1.91. The number of hydrogen-bond acceptors (Lipinski definition) is 1. The molecule has 0 radical (unpaired) electrons. The van der Waals surface area contributed by atoms with Crippen LogP contribution in [-0.2, 0) is 0 Å². The van der Waals surface area contributed by atoms with E-state index in [0.717, 1.165) is 5.75 Å². The predicted octanol–water partition coefficient (Wildman–Crippen LogP) is 0.494. The van der Waals surface area contributed by atoms with Crippen molar-refractivity contribution in [2.75, 3.05) is 0 Å². The topological polar surface area (TPSA) is 9.23 Å². The summed E-state index contributed by atoms with van der Waals surface area (Å²) in [6.07, 6.45) is 0. The SMILES string of the molecule is CC(C)(C)[Si](C)(C)Oc1c[c-]ccc1.[I-].[Mg+2]. The van der Waals surface area contributed by atoms with Crippen molar-refractivity contribution in [3.8, 4) is 5.75 Å². The molecule has 0 unspecified atom stereocenters. The molecule has 0 saturated carbocycles. The minimum absolute atomic E-state index is 0. The van der Waals surface area contributed by atoms with Gasteiger partial charge >= 0.3 is 23.1 Å². The fourth-order valence-electron chi connectivity index (χ4n) is 0.888. The van der Waals surface area contributed by atoms with Crippen LogP contribution in [0.3, 0.4) is 0 Å². The molecule has 0 aliphatic rings. The van der Waals surface area contributed by atoms with Gasteiger partial charge in [0.1, 0.15) is 0 Å². The van der Waals surface area contributed by atoms with Crippen LogP contribution in [0.4, 0.5) is 0 Å². The van der Waals surface area contributed by atoms with Gasteiger partial charge in [-0.3, -0.25) is 0 Å². The first-order chi connectivity index (χ1) is 6.33. The molecule has 0 atom stereocenters. The summed E-state index contributed by atoms with van der Waals surface area (Å²) in [6.45, 7) is 11.2. The van der Waals surface area contributed by atoms with Crippen LogP contribution in [0, 0.1) is 6.07 Å². The van der Waals surface area contributed by atoms with E-state index in [2.05, 4.69) is 39.9 Å². The number of rotatable bonds is 2. The largest absolute Gasteiger partial charge is 2.00 e. The maximum atomic E-state index is 6.07. The molecule has 0 bridgehead atoms. The van der Waals surface area contributed by atoms with E-state index in [4.69, 9.17) is 4.43 Å². The summed E-state index contributed by atoms with van der Waals surface area (Å²) < 4.78 is 6.07. The number of hydrogen-bond donors (Lipinski definition) is 0. The molecule has 0 aliphatic heterocycles. The van der Waals surface area contributed by atoms with E-state index in [1.807, 2.05) is 24.3 Å². The summed E-state index contributed by atoms with van der Waals surface area (Å²) in [7, 11) is -1.67. The first-order valence-electron chi connectivity index (χ1n) is 4.98. The van der Waals surface area contributed by atoms with Crippen LogP contribution in [0.2, 0.25) is 18.1 Å². The van der Waals surface area contributed by atoms with Crippen molar-refractivity contribution in [1.29, 1.82) is 0 Å². The van der Waals surface area contributed by atoms with Crippen LogP contribution >= 0.6 is 0 Å². The van der Waals surface area contributed by atoms with Crippen molar-refractivity contribution in [2.45, 2.75) is 38.9 Å². The molecule has 1 rings (SSSR count). The molecule has 1 aromatic rings. The van der Waals surface area contributed by atoms with E-state index in [-0.39, 0.29) is 52.1 Å². The first-order valence-corrected chi connectivity index (χ1v) is 7.89. The Hall–Kier alpha value is 0.733. The normalized spacial score (nSPS) is 11.1. The van der Waals surface area contributed by atoms with E-state index in [1.54, 1.807) is 0 Å². The second-order valence-electron chi connectivity index (χ2n) is 5.10. The third-order valence-electron chi connectivity index (χ3n) is 2.86. The molecule has 0 amide bonds. The van der Waals surface area contributed by atoms with Gasteiger partial charge in [0.25, 0.3) is 0 Å². The Balaban J connectivity index is 0. The molecule has 16 heavy (non-hydrogen) atoms. The third kappa shape index (κ3) is 5.38. The van der Waals surface area contributed by atoms with Gasteiger partial charge in [-0.15, -0.1) is 12.1 Å². The Bertz CT molecular complexity index is 296. The van der Waals surface area contributed by atoms with Crippen LogP contribution in [0.5, 0.6) is 5.75 Å². The Morgan fingerprint density at radius 1 is 1.25 bits per heavy atom. The summed E-state index contributed by atoms with van der Waals surface area (Å²) in [5, 5.41) is 0.253. The van der Waals surface area contributed by atoms with Gasteiger partial charge in [-0.25, -0.2) is 0 Å². The van der Waals surface area contributed by atoms with E-state index in [1.165, 1.54) is 0 Å². The van der Waals surface area contributed by atoms with Crippen molar-refractivity contribution in [3.63, 3.8) is 0 Å². The molecule has 1 aromatic carbocycles. The summed E-state index contributed by atoms with van der Waals surface area (Å²) >= 11 is 0. The van der Waals surface area contributed by atoms with E-state index in [9.17, 15) is 0 Å². The zero-order valence-electron chi connectivity index (χ0n) is 10.8. The van der Waals surface area contributed by atoms with Crippen LogP contribution in [0.25, 0.3) is 0 Å². The molecular formula is C12H19IMgOSi. The monoisotopic (exact) mass is 358 g/mol. The molecule has 0 aliphatic carbocycles. The molecule has 0 spiro atoms. The first kappa shape index (κ1) is 19.1. The molecule has 0 fully saturated rings. The number of halogens is 1. The molecule has 0 aromatic heterocycles. The minimum Gasteiger partial charge on any atom is -1.00 e. The van der Waals surface area contributed by atoms with Crippen molar-refractivity contribution in [2.24, 2.45) is 0 Å². The molecule has 0 saturated heterocycles. The number of benzene rings is 1. The van der Waals surface area contributed by atoms with Crippen LogP contribution in [0.15, 0.2) is 24.3 Å². The summed E-state index contributed by atoms with van der Waals surface area (Å²) in [5.74, 6) is 0.944. The zero-order chi connectivity index (χ0) is 10.8. The van der Waals surface area contributed by atoms with Gasteiger partial charge < -0.3 is 28.4 Å². The second-order valence-corrected chi connectivity index (χ2v) is 9.83. The van der Waals surface area contributed by atoms with Gasteiger partial charge in [0.05, 0.1) is 0 Å². The van der Waals surface area contributed by atoms with Crippen LogP contribution in [0.1, 0.15) is 20.8 Å². The van der Waals surface area contributed by atoms with Gasteiger partial charge in [0.15, 0.2) is 0 Å². The second kappa shape index (κ2) is 7.23. The Kier molecular flexibility index (Phi) is 8.62. The molecule has 0 heterocycles. The summed E-state index contributed by atoms with van der Waals surface area (Å²) in [4.78, 5) is 0. The minimum atomic E-state index is -1.67. The van der Waals surface area contributed by atoms with Crippen molar-refractivity contribution < 1.29 is 28.4 Å². The van der Waals surface area contributed by atoms with Crippen LogP contribution < -0.4 is 28.4 Å². The Labute approximate surface area is 134 Å². The average molecular weight is 359 g/mol. The summed E-state index contributed by atoms with van der Waals surface area (Å²) in [5.41, 5.74) is 0. The molecule has 4 heteroatoms. The van der Waals surface area contributed by atoms with Gasteiger partial charge in [0.2, 0.25) is 8.32 Å². The van der Waals surface area contributed by atoms with Gasteiger partial charge in [-0.2, -0.15) is 18.2 Å². The molecule has 0 N–H and O–H groups in total. The van der Waals surface area contributed by atoms with Crippen molar-refractivity contribution >= 4 is 31.4 Å². The van der Waals surface area contributed by atoms with Gasteiger partial charge in [-0.05, 0) is 23.9 Å². The van der Waals surface area contributed by atoms with E-state index in [0.29, 0.717) is 0 Å². The fraction of sp³-hybridized carbons (Fsp3) is 0.500. The zero-order valence-corrected chi connectivity index (χ0v) is 15.4. The molecule has 1 nitrogen and oxygen atoms in total. The summed E-state index contributed by atoms with van der Waals surface area (Å²) in [6, 6.07) is 10.8. The van der Waals surface area contributed by atoms with Crippen LogP contribution in [-0.4, -0.2) is 31.4 Å². The standard InChI is InChI=1S/C12H19OSi.HI.Mg/c1-12(2,3)14(4,5)13-11-9-7-6-8-10-11;;/h6-7,9-10H,1-5H3;1H;/q-1;;+2/p-1. The van der Waals surface area contributed by atoms with E-state index >= 15 is 0 Å².